The standard InChI is InChI=1S/C15H18N2OS/c1-11(2)17-14-6-4-3-5-13(14)15(18)16-9-12-7-8-19-10-12/h3-8,10-11,17H,9H2,1-2H3,(H,16,18). The largest absolute Gasteiger partial charge is 0.382 e. The van der Waals surface area contributed by atoms with Crippen LogP contribution in [0.25, 0.3) is 0 Å². The molecule has 2 N–H and O–H groups in total. The topological polar surface area (TPSA) is 41.1 Å². The molecule has 0 bridgehead atoms. The molecule has 19 heavy (non-hydrogen) atoms. The van der Waals surface area contributed by atoms with Gasteiger partial charge in [0.15, 0.2) is 0 Å². The number of nitrogens with one attached hydrogen (secondary N) is 2. The molecule has 0 aliphatic heterocycles. The zero-order valence-corrected chi connectivity index (χ0v) is 12.0. The molecular weight excluding hydrogens is 256 g/mol. The van der Waals surface area contributed by atoms with Crippen LogP contribution in [0.5, 0.6) is 0 Å². The van der Waals surface area contributed by atoms with Gasteiger partial charge in [0, 0.05) is 18.3 Å². The van der Waals surface area contributed by atoms with E-state index < -0.39 is 0 Å². The third-order valence-corrected chi connectivity index (χ3v) is 3.38. The molecule has 0 radical (unpaired) electrons. The van der Waals surface area contributed by atoms with Gasteiger partial charge >= 0.3 is 0 Å². The second-order valence-corrected chi connectivity index (χ2v) is 5.44. The van der Waals surface area contributed by atoms with E-state index in [0.717, 1.165) is 11.3 Å². The van der Waals surface area contributed by atoms with Crippen molar-refractivity contribution in [3.8, 4) is 0 Å². The van der Waals surface area contributed by atoms with Crippen LogP contribution in [0.4, 0.5) is 5.69 Å². The molecule has 100 valence electrons. The third-order valence-electron chi connectivity index (χ3n) is 2.65. The smallest absolute Gasteiger partial charge is 0.253 e. The lowest BCUT2D eigenvalue weighted by Gasteiger charge is -2.14. The molecule has 1 aromatic carbocycles. The number of rotatable bonds is 5. The summed E-state index contributed by atoms with van der Waals surface area (Å²) < 4.78 is 0. The molecule has 0 unspecified atom stereocenters. The number of hydrogen-bond acceptors (Lipinski definition) is 3. The van der Waals surface area contributed by atoms with Gasteiger partial charge in [0.2, 0.25) is 0 Å². The van der Waals surface area contributed by atoms with Crippen LogP contribution in [0.1, 0.15) is 29.8 Å². The second-order valence-electron chi connectivity index (χ2n) is 4.66. The van der Waals surface area contributed by atoms with Crippen LogP contribution in [-0.2, 0) is 6.54 Å². The fourth-order valence-electron chi connectivity index (χ4n) is 1.79. The number of carbonyl (C=O) groups is 1. The highest BCUT2D eigenvalue weighted by molar-refractivity contribution is 7.07. The maximum absolute atomic E-state index is 12.2. The van der Waals surface area contributed by atoms with Gasteiger partial charge in [-0.1, -0.05) is 12.1 Å². The van der Waals surface area contributed by atoms with Crippen molar-refractivity contribution in [2.45, 2.75) is 26.4 Å². The number of amides is 1. The zero-order chi connectivity index (χ0) is 13.7. The number of carbonyl (C=O) groups excluding carboxylic acids is 1. The Morgan fingerprint density at radius 1 is 1.26 bits per heavy atom. The lowest BCUT2D eigenvalue weighted by molar-refractivity contribution is 0.0951. The maximum Gasteiger partial charge on any atom is 0.253 e. The lowest BCUT2D eigenvalue weighted by Crippen LogP contribution is -2.24. The number of benzene rings is 1. The van der Waals surface area contributed by atoms with Gasteiger partial charge in [0.25, 0.3) is 5.91 Å². The van der Waals surface area contributed by atoms with Crippen LogP contribution in [0.3, 0.4) is 0 Å². The first-order valence-electron chi connectivity index (χ1n) is 6.31. The predicted molar refractivity (Wildman–Crippen MR) is 80.7 cm³/mol. The summed E-state index contributed by atoms with van der Waals surface area (Å²) in [6, 6.07) is 9.90. The van der Waals surface area contributed by atoms with Crippen LogP contribution >= 0.6 is 11.3 Å². The summed E-state index contributed by atoms with van der Waals surface area (Å²) in [5, 5.41) is 10.3. The summed E-state index contributed by atoms with van der Waals surface area (Å²) in [7, 11) is 0. The van der Waals surface area contributed by atoms with E-state index in [1.54, 1.807) is 11.3 Å². The van der Waals surface area contributed by atoms with Crippen LogP contribution in [-0.4, -0.2) is 11.9 Å². The Morgan fingerprint density at radius 3 is 2.74 bits per heavy atom. The van der Waals surface area contributed by atoms with Gasteiger partial charge < -0.3 is 10.6 Å². The first-order valence-corrected chi connectivity index (χ1v) is 7.26. The van der Waals surface area contributed by atoms with E-state index in [-0.39, 0.29) is 5.91 Å². The molecule has 0 saturated heterocycles. The molecule has 1 heterocycles. The van der Waals surface area contributed by atoms with Gasteiger partial charge in [0.05, 0.1) is 5.56 Å². The van der Waals surface area contributed by atoms with E-state index in [1.165, 1.54) is 0 Å². The second kappa shape index (κ2) is 6.38. The van der Waals surface area contributed by atoms with Crippen molar-refractivity contribution in [3.63, 3.8) is 0 Å². The van der Waals surface area contributed by atoms with Gasteiger partial charge in [-0.05, 0) is 48.4 Å². The van der Waals surface area contributed by atoms with E-state index in [1.807, 2.05) is 41.1 Å². The highest BCUT2D eigenvalue weighted by atomic mass is 32.1. The van der Waals surface area contributed by atoms with Crippen molar-refractivity contribution in [2.24, 2.45) is 0 Å². The highest BCUT2D eigenvalue weighted by Gasteiger charge is 2.11. The van der Waals surface area contributed by atoms with Gasteiger partial charge in [0.1, 0.15) is 0 Å². The lowest BCUT2D eigenvalue weighted by atomic mass is 10.1. The normalized spacial score (nSPS) is 10.5. The number of anilines is 1. The Morgan fingerprint density at radius 2 is 2.05 bits per heavy atom. The molecule has 1 amide bonds. The van der Waals surface area contributed by atoms with Crippen LogP contribution in [0, 0.1) is 0 Å². The van der Waals surface area contributed by atoms with E-state index in [9.17, 15) is 4.79 Å². The molecule has 4 heteroatoms. The molecular formula is C15H18N2OS. The van der Waals surface area contributed by atoms with Gasteiger partial charge in [-0.25, -0.2) is 0 Å². The number of thiophene rings is 1. The minimum absolute atomic E-state index is 0.0463. The van der Waals surface area contributed by atoms with Gasteiger partial charge in [-0.15, -0.1) is 0 Å². The van der Waals surface area contributed by atoms with Crippen molar-refractivity contribution in [1.82, 2.24) is 5.32 Å². The first kappa shape index (κ1) is 13.6. The molecule has 1 aromatic heterocycles. The number of para-hydroxylation sites is 1. The number of hydrogen-bond donors (Lipinski definition) is 2. The Hall–Kier alpha value is -1.81. The molecule has 0 aliphatic rings. The Kier molecular flexibility index (Phi) is 4.58. The Bertz CT molecular complexity index is 535. The quantitative estimate of drug-likeness (QED) is 0.876. The fraction of sp³-hybridized carbons (Fsp3) is 0.267. The van der Waals surface area contributed by atoms with Crippen molar-refractivity contribution in [1.29, 1.82) is 0 Å². The molecule has 0 atom stereocenters. The zero-order valence-electron chi connectivity index (χ0n) is 11.1. The summed E-state index contributed by atoms with van der Waals surface area (Å²) in [6.45, 7) is 4.68. The Labute approximate surface area is 117 Å². The van der Waals surface area contributed by atoms with Crippen molar-refractivity contribution < 1.29 is 4.79 Å². The van der Waals surface area contributed by atoms with Crippen LogP contribution in [0.2, 0.25) is 0 Å². The first-order chi connectivity index (χ1) is 9.16. The summed E-state index contributed by atoms with van der Waals surface area (Å²) in [5.74, 6) is -0.0463. The van der Waals surface area contributed by atoms with Crippen molar-refractivity contribution in [3.05, 3.63) is 52.2 Å². The predicted octanol–water partition coefficient (Wildman–Crippen LogP) is 3.50. The molecule has 3 nitrogen and oxygen atoms in total. The summed E-state index contributed by atoms with van der Waals surface area (Å²) >= 11 is 1.63. The monoisotopic (exact) mass is 274 g/mol. The summed E-state index contributed by atoms with van der Waals surface area (Å²) in [5.41, 5.74) is 2.69. The molecule has 0 spiro atoms. The van der Waals surface area contributed by atoms with Gasteiger partial charge in [-0.3, -0.25) is 4.79 Å². The Balaban J connectivity index is 2.06. The minimum atomic E-state index is -0.0463. The average Bonchev–Trinajstić information content (AvgIpc) is 2.89. The third kappa shape index (κ3) is 3.83. The summed E-state index contributed by atoms with van der Waals surface area (Å²) in [6.07, 6.45) is 0. The maximum atomic E-state index is 12.2. The van der Waals surface area contributed by atoms with E-state index >= 15 is 0 Å². The molecule has 2 rings (SSSR count). The van der Waals surface area contributed by atoms with Crippen LogP contribution < -0.4 is 10.6 Å². The van der Waals surface area contributed by atoms with Crippen molar-refractivity contribution >= 4 is 22.9 Å². The van der Waals surface area contributed by atoms with Gasteiger partial charge in [-0.2, -0.15) is 11.3 Å². The highest BCUT2D eigenvalue weighted by Crippen LogP contribution is 2.16. The molecule has 2 aromatic rings. The molecule has 0 fully saturated rings. The average molecular weight is 274 g/mol. The fourth-order valence-corrected chi connectivity index (χ4v) is 2.46. The van der Waals surface area contributed by atoms with E-state index in [4.69, 9.17) is 0 Å². The van der Waals surface area contributed by atoms with Crippen LogP contribution in [0.15, 0.2) is 41.1 Å². The van der Waals surface area contributed by atoms with E-state index in [2.05, 4.69) is 24.5 Å². The molecule has 0 saturated carbocycles. The SMILES string of the molecule is CC(C)Nc1ccccc1C(=O)NCc1ccsc1. The summed E-state index contributed by atoms with van der Waals surface area (Å²) in [4.78, 5) is 12.2. The van der Waals surface area contributed by atoms with Crippen molar-refractivity contribution in [2.75, 3.05) is 5.32 Å². The van der Waals surface area contributed by atoms with E-state index in [0.29, 0.717) is 18.2 Å². The minimum Gasteiger partial charge on any atom is -0.382 e. The molecule has 0 aliphatic carbocycles.